The maximum atomic E-state index is 11.9. The first-order chi connectivity index (χ1) is 8.81. The molecule has 18 heavy (non-hydrogen) atoms. The normalized spacial score (nSPS) is 10.5. The average molecular weight is 239 g/mol. The molecule has 1 N–H and O–H groups in total. The quantitative estimate of drug-likeness (QED) is 0.831. The van der Waals surface area contributed by atoms with E-state index in [-0.39, 0.29) is 5.91 Å². The first-order valence-electron chi connectivity index (χ1n) is 5.59. The molecule has 0 spiro atoms. The van der Waals surface area contributed by atoms with E-state index in [2.05, 4.69) is 15.5 Å². The molecule has 0 radical (unpaired) electrons. The summed E-state index contributed by atoms with van der Waals surface area (Å²) in [4.78, 5) is 11.9. The zero-order valence-corrected chi connectivity index (χ0v) is 10.00. The van der Waals surface area contributed by atoms with Crippen LogP contribution in [0.3, 0.4) is 0 Å². The van der Waals surface area contributed by atoms with Crippen molar-refractivity contribution in [2.75, 3.05) is 12.4 Å². The number of carbonyl (C=O) groups is 1. The highest BCUT2D eigenvalue weighted by molar-refractivity contribution is 5.99. The summed E-state index contributed by atoms with van der Waals surface area (Å²) in [5, 5.41) is 10.6. The highest BCUT2D eigenvalue weighted by atomic mass is 16.1. The molecule has 1 amide bonds. The summed E-state index contributed by atoms with van der Waals surface area (Å²) in [6, 6.07) is 16.4. The predicted molar refractivity (Wildman–Crippen MR) is 71.3 cm³/mol. The number of azo groups is 1. The molecule has 0 unspecified atom stereocenters. The van der Waals surface area contributed by atoms with Crippen LogP contribution in [0.1, 0.15) is 10.4 Å². The van der Waals surface area contributed by atoms with E-state index in [1.165, 1.54) is 0 Å². The number of anilines is 1. The Bertz CT molecular complexity index is 564. The van der Waals surface area contributed by atoms with Gasteiger partial charge in [-0.05, 0) is 24.3 Å². The molecule has 0 aliphatic carbocycles. The van der Waals surface area contributed by atoms with Crippen LogP contribution >= 0.6 is 0 Å². The number of para-hydroxylation sites is 1. The molecule has 0 fully saturated rings. The zero-order valence-electron chi connectivity index (χ0n) is 10.00. The van der Waals surface area contributed by atoms with Crippen LogP contribution in [-0.2, 0) is 0 Å². The smallest absolute Gasteiger partial charge is 0.297 e. The standard InChI is InChI=1S/C14H13N3O/c1-15-13-10-6-5-9-12(13)14(18)17-16-11-7-3-2-4-8-11/h2-10,15H,1H3. The summed E-state index contributed by atoms with van der Waals surface area (Å²) >= 11 is 0. The Kier molecular flexibility index (Phi) is 3.81. The number of rotatable bonds is 3. The fourth-order valence-corrected chi connectivity index (χ4v) is 1.54. The third-order valence-corrected chi connectivity index (χ3v) is 2.44. The fourth-order valence-electron chi connectivity index (χ4n) is 1.54. The van der Waals surface area contributed by atoms with Gasteiger partial charge in [0.05, 0.1) is 11.3 Å². The Morgan fingerprint density at radius 1 is 1.00 bits per heavy atom. The van der Waals surface area contributed by atoms with Crippen LogP contribution in [0.15, 0.2) is 64.8 Å². The van der Waals surface area contributed by atoms with E-state index in [1.54, 1.807) is 31.3 Å². The molecule has 0 aromatic heterocycles. The largest absolute Gasteiger partial charge is 0.387 e. The van der Waals surface area contributed by atoms with Crippen LogP contribution in [0, 0.1) is 0 Å². The lowest BCUT2D eigenvalue weighted by atomic mass is 10.1. The zero-order chi connectivity index (χ0) is 12.8. The van der Waals surface area contributed by atoms with Gasteiger partial charge in [0.25, 0.3) is 5.91 Å². The van der Waals surface area contributed by atoms with Gasteiger partial charge in [-0.2, -0.15) is 0 Å². The lowest BCUT2D eigenvalue weighted by Crippen LogP contribution is -2.00. The Balaban J connectivity index is 2.20. The number of nitrogens with zero attached hydrogens (tertiary/aromatic N) is 2. The SMILES string of the molecule is CNc1ccccc1C(=O)N=Nc1ccccc1. The number of carbonyl (C=O) groups excluding carboxylic acids is 1. The molecule has 4 heteroatoms. The Labute approximate surface area is 105 Å². The summed E-state index contributed by atoms with van der Waals surface area (Å²) in [6.07, 6.45) is 0. The Morgan fingerprint density at radius 3 is 2.39 bits per heavy atom. The summed E-state index contributed by atoms with van der Waals surface area (Å²) in [5.74, 6) is -0.358. The summed E-state index contributed by atoms with van der Waals surface area (Å²) < 4.78 is 0. The van der Waals surface area contributed by atoms with Crippen molar-refractivity contribution >= 4 is 17.3 Å². The molecule has 0 saturated heterocycles. The van der Waals surface area contributed by atoms with Gasteiger partial charge < -0.3 is 5.32 Å². The van der Waals surface area contributed by atoms with Crippen molar-refractivity contribution < 1.29 is 4.79 Å². The molecular weight excluding hydrogens is 226 g/mol. The maximum absolute atomic E-state index is 11.9. The lowest BCUT2D eigenvalue weighted by molar-refractivity contribution is 0.0996. The second-order valence-corrected chi connectivity index (χ2v) is 3.64. The van der Waals surface area contributed by atoms with E-state index in [1.807, 2.05) is 30.3 Å². The van der Waals surface area contributed by atoms with E-state index in [9.17, 15) is 4.79 Å². The van der Waals surface area contributed by atoms with Crippen molar-refractivity contribution in [1.29, 1.82) is 0 Å². The van der Waals surface area contributed by atoms with Crippen LogP contribution in [0.5, 0.6) is 0 Å². The lowest BCUT2D eigenvalue weighted by Gasteiger charge is -2.03. The molecule has 2 aromatic rings. The van der Waals surface area contributed by atoms with E-state index in [4.69, 9.17) is 0 Å². The number of benzene rings is 2. The van der Waals surface area contributed by atoms with Gasteiger partial charge in [-0.25, -0.2) is 0 Å². The Morgan fingerprint density at radius 2 is 1.67 bits per heavy atom. The van der Waals surface area contributed by atoms with Crippen LogP contribution in [-0.4, -0.2) is 13.0 Å². The number of hydrogen-bond donors (Lipinski definition) is 1. The maximum Gasteiger partial charge on any atom is 0.297 e. The minimum Gasteiger partial charge on any atom is -0.387 e. The number of hydrogen-bond acceptors (Lipinski definition) is 3. The fraction of sp³-hybridized carbons (Fsp3) is 0.0714. The molecule has 2 aromatic carbocycles. The second-order valence-electron chi connectivity index (χ2n) is 3.64. The number of amides is 1. The van der Waals surface area contributed by atoms with Gasteiger partial charge in [0.15, 0.2) is 0 Å². The first kappa shape index (κ1) is 12.0. The third kappa shape index (κ3) is 2.79. The van der Waals surface area contributed by atoms with Crippen molar-refractivity contribution in [3.8, 4) is 0 Å². The van der Waals surface area contributed by atoms with Gasteiger partial charge in [-0.15, -0.1) is 10.2 Å². The average Bonchev–Trinajstić information content (AvgIpc) is 2.45. The third-order valence-electron chi connectivity index (χ3n) is 2.44. The highest BCUT2D eigenvalue weighted by Crippen LogP contribution is 2.17. The molecule has 0 atom stereocenters. The highest BCUT2D eigenvalue weighted by Gasteiger charge is 2.08. The molecule has 4 nitrogen and oxygen atoms in total. The summed E-state index contributed by atoms with van der Waals surface area (Å²) in [5.41, 5.74) is 1.92. The molecule has 0 heterocycles. The second kappa shape index (κ2) is 5.72. The first-order valence-corrected chi connectivity index (χ1v) is 5.59. The van der Waals surface area contributed by atoms with Crippen molar-refractivity contribution in [2.24, 2.45) is 10.2 Å². The van der Waals surface area contributed by atoms with Crippen LogP contribution in [0.2, 0.25) is 0 Å². The number of nitrogens with one attached hydrogen (secondary N) is 1. The predicted octanol–water partition coefficient (Wildman–Crippen LogP) is 3.65. The van der Waals surface area contributed by atoms with E-state index in [0.717, 1.165) is 5.69 Å². The van der Waals surface area contributed by atoms with Gasteiger partial charge in [0, 0.05) is 12.7 Å². The van der Waals surface area contributed by atoms with Gasteiger partial charge >= 0.3 is 0 Å². The monoisotopic (exact) mass is 239 g/mol. The van der Waals surface area contributed by atoms with Crippen LogP contribution in [0.4, 0.5) is 11.4 Å². The molecule has 90 valence electrons. The molecule has 0 aliphatic heterocycles. The summed E-state index contributed by atoms with van der Waals surface area (Å²) in [7, 11) is 1.76. The van der Waals surface area contributed by atoms with E-state index in [0.29, 0.717) is 11.3 Å². The van der Waals surface area contributed by atoms with Crippen molar-refractivity contribution in [3.05, 3.63) is 60.2 Å². The molecule has 0 aliphatic rings. The van der Waals surface area contributed by atoms with Crippen molar-refractivity contribution in [1.82, 2.24) is 0 Å². The molecular formula is C14H13N3O. The minimum absolute atomic E-state index is 0.358. The van der Waals surface area contributed by atoms with Gasteiger partial charge in [-0.3, -0.25) is 4.79 Å². The van der Waals surface area contributed by atoms with Gasteiger partial charge in [0.1, 0.15) is 0 Å². The van der Waals surface area contributed by atoms with Gasteiger partial charge in [-0.1, -0.05) is 30.3 Å². The molecule has 0 saturated carbocycles. The summed E-state index contributed by atoms with van der Waals surface area (Å²) in [6.45, 7) is 0. The van der Waals surface area contributed by atoms with Crippen molar-refractivity contribution in [3.63, 3.8) is 0 Å². The van der Waals surface area contributed by atoms with Crippen LogP contribution < -0.4 is 5.32 Å². The topological polar surface area (TPSA) is 53.8 Å². The molecule has 0 bridgehead atoms. The van der Waals surface area contributed by atoms with Crippen molar-refractivity contribution in [2.45, 2.75) is 0 Å². The minimum atomic E-state index is -0.358. The van der Waals surface area contributed by atoms with E-state index < -0.39 is 0 Å². The molecule has 2 rings (SSSR count). The Hall–Kier alpha value is -2.49. The van der Waals surface area contributed by atoms with E-state index >= 15 is 0 Å². The van der Waals surface area contributed by atoms with Crippen LogP contribution in [0.25, 0.3) is 0 Å². The van der Waals surface area contributed by atoms with Gasteiger partial charge in [0.2, 0.25) is 0 Å².